The number of sulfonamides is 1. The van der Waals surface area contributed by atoms with Crippen molar-refractivity contribution in [3.05, 3.63) is 53.5 Å². The fourth-order valence-electron chi connectivity index (χ4n) is 4.44. The number of fused-ring (bicyclic) bond motifs is 1. The third-order valence-electron chi connectivity index (χ3n) is 6.55. The van der Waals surface area contributed by atoms with E-state index in [0.29, 0.717) is 12.1 Å². The summed E-state index contributed by atoms with van der Waals surface area (Å²) in [4.78, 5) is 14.8. The minimum Gasteiger partial charge on any atom is -0.489 e. The predicted molar refractivity (Wildman–Crippen MR) is 126 cm³/mol. The third-order valence-corrected chi connectivity index (χ3v) is 7.90. The van der Waals surface area contributed by atoms with Crippen LogP contribution in [0.4, 0.5) is 10.1 Å². The van der Waals surface area contributed by atoms with Crippen molar-refractivity contribution in [1.29, 1.82) is 0 Å². The largest absolute Gasteiger partial charge is 0.489 e. The summed E-state index contributed by atoms with van der Waals surface area (Å²) < 4.78 is 54.7. The molecule has 0 spiro atoms. The van der Waals surface area contributed by atoms with E-state index in [4.69, 9.17) is 9.15 Å². The molecule has 9 heteroatoms. The molecule has 2 fully saturated rings. The van der Waals surface area contributed by atoms with Crippen LogP contribution in [-0.4, -0.2) is 33.5 Å². The second-order valence-electron chi connectivity index (χ2n) is 8.88. The Bertz CT molecular complexity index is 1340. The van der Waals surface area contributed by atoms with Gasteiger partial charge in [-0.25, -0.2) is 17.5 Å². The van der Waals surface area contributed by atoms with Gasteiger partial charge in [0.25, 0.3) is 10.0 Å². The van der Waals surface area contributed by atoms with Crippen molar-refractivity contribution in [2.24, 2.45) is 0 Å². The number of hydrogen-bond acceptors (Lipinski definition) is 6. The van der Waals surface area contributed by atoms with E-state index in [1.807, 2.05) is 17.9 Å². The Hall–Kier alpha value is -3.07. The van der Waals surface area contributed by atoms with Gasteiger partial charge in [0.1, 0.15) is 22.0 Å². The Morgan fingerprint density at radius 3 is 2.59 bits per heavy atom. The van der Waals surface area contributed by atoms with Gasteiger partial charge in [-0.05, 0) is 62.3 Å². The lowest BCUT2D eigenvalue weighted by Gasteiger charge is -2.33. The lowest BCUT2D eigenvalue weighted by atomic mass is 10.1. The van der Waals surface area contributed by atoms with E-state index in [9.17, 15) is 17.6 Å². The lowest BCUT2D eigenvalue weighted by Crippen LogP contribution is -2.36. The molecule has 1 saturated carbocycles. The number of benzene rings is 2. The topological polar surface area (TPSA) is 88.8 Å². The number of carbonyl (C=O) groups is 1. The van der Waals surface area contributed by atoms with Gasteiger partial charge >= 0.3 is 5.91 Å². The summed E-state index contributed by atoms with van der Waals surface area (Å²) in [6.45, 7) is 3.58. The molecule has 0 atom stereocenters. The number of halogens is 1. The normalized spacial score (nSPS) is 16.6. The number of rotatable bonds is 7. The second-order valence-corrected chi connectivity index (χ2v) is 10.5. The number of nitrogens with one attached hydrogen (secondary N) is 1. The highest BCUT2D eigenvalue weighted by Gasteiger charge is 2.28. The molecule has 1 saturated heterocycles. The summed E-state index contributed by atoms with van der Waals surface area (Å²) in [6, 6.07) is 9.29. The summed E-state index contributed by atoms with van der Waals surface area (Å²) in [7, 11) is -4.26. The van der Waals surface area contributed by atoms with Crippen LogP contribution in [0, 0.1) is 5.82 Å². The van der Waals surface area contributed by atoms with Crippen LogP contribution >= 0.6 is 0 Å². The molecule has 5 rings (SSSR count). The second kappa shape index (κ2) is 8.94. The van der Waals surface area contributed by atoms with Crippen LogP contribution in [0.5, 0.6) is 5.75 Å². The maximum Gasteiger partial charge on any atom is 0.300 e. The average Bonchev–Trinajstić information content (AvgIpc) is 3.42. The van der Waals surface area contributed by atoms with Crippen molar-refractivity contribution in [1.82, 2.24) is 4.72 Å². The molecule has 0 unspecified atom stereocenters. The Labute approximate surface area is 197 Å². The van der Waals surface area contributed by atoms with Gasteiger partial charge in [0, 0.05) is 30.9 Å². The minimum atomic E-state index is -4.26. The van der Waals surface area contributed by atoms with Gasteiger partial charge in [-0.3, -0.25) is 4.79 Å². The van der Waals surface area contributed by atoms with Crippen molar-refractivity contribution < 1.29 is 26.8 Å². The van der Waals surface area contributed by atoms with Gasteiger partial charge in [0.05, 0.1) is 11.5 Å². The van der Waals surface area contributed by atoms with Crippen LogP contribution in [-0.2, 0) is 16.4 Å². The van der Waals surface area contributed by atoms with E-state index < -0.39 is 21.7 Å². The smallest absolute Gasteiger partial charge is 0.300 e. The molecule has 1 aromatic heterocycles. The molecular weight excluding hydrogens is 459 g/mol. The zero-order valence-corrected chi connectivity index (χ0v) is 19.8. The summed E-state index contributed by atoms with van der Waals surface area (Å²) in [6.07, 6.45) is 5.43. The highest BCUT2D eigenvalue weighted by atomic mass is 32.2. The molecule has 0 radical (unpaired) electrons. The molecule has 2 aromatic carbocycles. The Balaban J connectivity index is 1.42. The van der Waals surface area contributed by atoms with E-state index in [2.05, 4.69) is 4.72 Å². The predicted octanol–water partition coefficient (Wildman–Crippen LogP) is 4.78. The molecule has 7 nitrogen and oxygen atoms in total. The van der Waals surface area contributed by atoms with E-state index in [1.165, 1.54) is 18.2 Å². The SMILES string of the molecule is CCc1ccc(OC2CCCC2)c(S(=O)(=O)NC(=O)c2cc3c(F)cc(N4CCC4)cc3o2)c1. The first-order chi connectivity index (χ1) is 16.3. The number of ether oxygens (including phenoxy) is 1. The molecule has 0 bridgehead atoms. The molecule has 1 N–H and O–H groups in total. The zero-order chi connectivity index (χ0) is 23.9. The number of anilines is 1. The first-order valence-electron chi connectivity index (χ1n) is 11.7. The third kappa shape index (κ3) is 4.36. The minimum absolute atomic E-state index is 0.0453. The lowest BCUT2D eigenvalue weighted by molar-refractivity contribution is 0.0956. The van der Waals surface area contributed by atoms with Gasteiger partial charge in [0.2, 0.25) is 0 Å². The van der Waals surface area contributed by atoms with Crippen LogP contribution in [0.25, 0.3) is 11.0 Å². The monoisotopic (exact) mass is 486 g/mol. The van der Waals surface area contributed by atoms with Crippen molar-refractivity contribution in [2.45, 2.75) is 56.4 Å². The van der Waals surface area contributed by atoms with Crippen LogP contribution in [0.15, 0.2) is 45.7 Å². The van der Waals surface area contributed by atoms with E-state index >= 15 is 0 Å². The standard InChI is InChI=1S/C25H27FN2O5S/c1-2-16-8-9-21(32-18-6-3-4-7-18)24(12-16)34(30,31)27-25(29)23-15-19-20(26)13-17(14-22(19)33-23)28-10-5-11-28/h8-9,12-15,18H,2-7,10-11H2,1H3,(H,27,29). The fraction of sp³-hybridized carbons (Fsp3) is 0.400. The van der Waals surface area contributed by atoms with Gasteiger partial charge in [-0.1, -0.05) is 13.0 Å². The zero-order valence-electron chi connectivity index (χ0n) is 19.0. The van der Waals surface area contributed by atoms with Crippen molar-refractivity contribution in [3.63, 3.8) is 0 Å². The quantitative estimate of drug-likeness (QED) is 0.517. The molecule has 1 aliphatic carbocycles. The first-order valence-corrected chi connectivity index (χ1v) is 13.2. The molecular formula is C25H27FN2O5S. The molecule has 2 heterocycles. The number of furan rings is 1. The maximum absolute atomic E-state index is 14.6. The Kier molecular flexibility index (Phi) is 5.97. The van der Waals surface area contributed by atoms with Crippen LogP contribution in [0.2, 0.25) is 0 Å². The summed E-state index contributed by atoms with van der Waals surface area (Å²) in [5.41, 5.74) is 1.67. The van der Waals surface area contributed by atoms with Crippen LogP contribution in [0.1, 0.15) is 55.1 Å². The number of nitrogens with zero attached hydrogens (tertiary/aromatic N) is 1. The fourth-order valence-corrected chi connectivity index (χ4v) is 5.59. The molecule has 1 aliphatic heterocycles. The first kappa shape index (κ1) is 22.7. The highest BCUT2D eigenvalue weighted by molar-refractivity contribution is 7.90. The van der Waals surface area contributed by atoms with Gasteiger partial charge in [-0.2, -0.15) is 0 Å². The number of aryl methyl sites for hydroxylation is 1. The summed E-state index contributed by atoms with van der Waals surface area (Å²) >= 11 is 0. The van der Waals surface area contributed by atoms with E-state index in [-0.39, 0.29) is 33.5 Å². The van der Waals surface area contributed by atoms with E-state index in [1.54, 1.807) is 12.1 Å². The van der Waals surface area contributed by atoms with Crippen molar-refractivity contribution in [2.75, 3.05) is 18.0 Å². The van der Waals surface area contributed by atoms with E-state index in [0.717, 1.165) is 50.8 Å². The number of carbonyl (C=O) groups excluding carboxylic acids is 1. The summed E-state index contributed by atoms with van der Waals surface area (Å²) in [5, 5.41) is 0.130. The highest BCUT2D eigenvalue weighted by Crippen LogP contribution is 2.32. The molecule has 34 heavy (non-hydrogen) atoms. The Morgan fingerprint density at radius 1 is 1.15 bits per heavy atom. The van der Waals surface area contributed by atoms with Gasteiger partial charge in [0.15, 0.2) is 5.76 Å². The Morgan fingerprint density at radius 2 is 1.91 bits per heavy atom. The maximum atomic E-state index is 14.6. The molecule has 3 aromatic rings. The average molecular weight is 487 g/mol. The van der Waals surface area contributed by atoms with Crippen molar-refractivity contribution >= 4 is 32.6 Å². The number of hydrogen-bond donors (Lipinski definition) is 1. The van der Waals surface area contributed by atoms with Crippen molar-refractivity contribution in [3.8, 4) is 5.75 Å². The van der Waals surface area contributed by atoms with Gasteiger partial charge in [-0.15, -0.1) is 0 Å². The van der Waals surface area contributed by atoms with Crippen LogP contribution < -0.4 is 14.4 Å². The molecule has 1 amide bonds. The number of amides is 1. The van der Waals surface area contributed by atoms with Crippen LogP contribution in [0.3, 0.4) is 0 Å². The van der Waals surface area contributed by atoms with Gasteiger partial charge < -0.3 is 14.1 Å². The molecule has 180 valence electrons. The summed E-state index contributed by atoms with van der Waals surface area (Å²) in [5.74, 6) is -1.54. The molecule has 2 aliphatic rings.